The number of aromatic nitrogens is 2. The highest BCUT2D eigenvalue weighted by atomic mass is 16.5. The minimum absolute atomic E-state index is 0.269. The minimum atomic E-state index is -0.967. The maximum absolute atomic E-state index is 12.7. The fourth-order valence-corrected chi connectivity index (χ4v) is 3.16. The van der Waals surface area contributed by atoms with E-state index in [1.54, 1.807) is 20.0 Å². The third-order valence-electron chi connectivity index (χ3n) is 5.54. The number of amides is 1. The Morgan fingerprint density at radius 1 is 1.27 bits per heavy atom. The molecular formula is C20H29N3O3. The Kier molecular flexibility index (Phi) is 4.63. The Balaban J connectivity index is 1.47. The molecular weight excluding hydrogens is 330 g/mol. The van der Waals surface area contributed by atoms with Gasteiger partial charge in [0.05, 0.1) is 24.4 Å². The van der Waals surface area contributed by atoms with E-state index in [9.17, 15) is 9.90 Å². The molecule has 142 valence electrons. The largest absolute Gasteiger partial charge is 0.476 e. The van der Waals surface area contributed by atoms with Crippen molar-refractivity contribution >= 4 is 5.91 Å². The molecule has 3 aliphatic carbocycles. The van der Waals surface area contributed by atoms with E-state index < -0.39 is 5.60 Å². The van der Waals surface area contributed by atoms with E-state index in [0.29, 0.717) is 30.2 Å². The molecule has 26 heavy (non-hydrogen) atoms. The molecule has 0 aliphatic heterocycles. The van der Waals surface area contributed by atoms with E-state index >= 15 is 0 Å². The summed E-state index contributed by atoms with van der Waals surface area (Å²) in [4.78, 5) is 21.7. The van der Waals surface area contributed by atoms with E-state index in [-0.39, 0.29) is 17.6 Å². The number of carbonyl (C=O) groups excluding carboxylic acids is 1. The van der Waals surface area contributed by atoms with Gasteiger partial charge in [-0.2, -0.15) is 0 Å². The van der Waals surface area contributed by atoms with Crippen LogP contribution in [0.25, 0.3) is 0 Å². The van der Waals surface area contributed by atoms with Crippen molar-refractivity contribution in [2.75, 3.05) is 6.61 Å². The lowest BCUT2D eigenvalue weighted by molar-refractivity contribution is 0.0301. The van der Waals surface area contributed by atoms with Crippen LogP contribution in [0, 0.1) is 11.8 Å². The molecule has 4 rings (SSSR count). The van der Waals surface area contributed by atoms with Gasteiger partial charge in [-0.25, -0.2) is 4.98 Å². The van der Waals surface area contributed by atoms with Gasteiger partial charge in [0.2, 0.25) is 5.88 Å². The van der Waals surface area contributed by atoms with Gasteiger partial charge in [0, 0.05) is 5.92 Å². The summed E-state index contributed by atoms with van der Waals surface area (Å²) in [5, 5.41) is 13.4. The predicted octanol–water partition coefficient (Wildman–Crippen LogP) is 2.81. The van der Waals surface area contributed by atoms with Crippen LogP contribution < -0.4 is 10.1 Å². The van der Waals surface area contributed by atoms with Crippen molar-refractivity contribution in [1.82, 2.24) is 15.3 Å². The van der Waals surface area contributed by atoms with Crippen LogP contribution in [0.3, 0.4) is 0 Å². The molecule has 0 saturated heterocycles. The molecule has 1 aromatic rings. The molecule has 3 fully saturated rings. The third kappa shape index (κ3) is 4.53. The summed E-state index contributed by atoms with van der Waals surface area (Å²) in [6.45, 7) is 4.15. The number of carbonyl (C=O) groups is 1. The number of nitrogens with one attached hydrogen (secondary N) is 1. The monoisotopic (exact) mass is 359 g/mol. The van der Waals surface area contributed by atoms with Crippen LogP contribution in [0.1, 0.15) is 80.9 Å². The summed E-state index contributed by atoms with van der Waals surface area (Å²) in [5.41, 5.74) is 0.190. The zero-order valence-corrected chi connectivity index (χ0v) is 15.7. The Morgan fingerprint density at radius 2 is 1.96 bits per heavy atom. The number of ether oxygens (including phenoxy) is 1. The fourth-order valence-electron chi connectivity index (χ4n) is 3.16. The molecule has 1 atom stereocenters. The molecule has 1 unspecified atom stereocenters. The first-order valence-corrected chi connectivity index (χ1v) is 9.93. The second kappa shape index (κ2) is 6.80. The number of rotatable bonds is 9. The van der Waals surface area contributed by atoms with Crippen LogP contribution in [0.15, 0.2) is 6.20 Å². The molecule has 0 aromatic carbocycles. The zero-order valence-electron chi connectivity index (χ0n) is 15.7. The summed E-state index contributed by atoms with van der Waals surface area (Å²) in [5.74, 6) is 1.89. The Bertz CT molecular complexity index is 673. The van der Waals surface area contributed by atoms with Crippen molar-refractivity contribution < 1.29 is 14.6 Å². The molecule has 3 aliphatic rings. The van der Waals surface area contributed by atoms with E-state index in [2.05, 4.69) is 15.3 Å². The average Bonchev–Trinajstić information content (AvgIpc) is 3.46. The summed E-state index contributed by atoms with van der Waals surface area (Å²) in [6.07, 6.45) is 9.35. The maximum Gasteiger partial charge on any atom is 0.271 e. The van der Waals surface area contributed by atoms with Gasteiger partial charge < -0.3 is 15.2 Å². The second-order valence-electron chi connectivity index (χ2n) is 8.83. The summed E-state index contributed by atoms with van der Waals surface area (Å²) in [6, 6.07) is -0.289. The number of hydrogen-bond acceptors (Lipinski definition) is 5. The Morgan fingerprint density at radius 3 is 2.54 bits per heavy atom. The van der Waals surface area contributed by atoms with E-state index in [0.717, 1.165) is 25.0 Å². The topological polar surface area (TPSA) is 84.3 Å². The standard InChI is InChI=1S/C20H29N3O3/c1-20(2,25)16(9-12-3-4-12)23-18(24)15-10-21-17(14-7-8-14)19(22-15)26-11-13-5-6-13/h10,12-14,16,25H,3-9,11H2,1-2H3,(H,23,24). The van der Waals surface area contributed by atoms with E-state index in [1.807, 2.05) is 0 Å². The molecule has 1 heterocycles. The zero-order chi connectivity index (χ0) is 18.3. The minimum Gasteiger partial charge on any atom is -0.476 e. The average molecular weight is 359 g/mol. The quantitative estimate of drug-likeness (QED) is 0.708. The van der Waals surface area contributed by atoms with Crippen molar-refractivity contribution in [3.63, 3.8) is 0 Å². The van der Waals surface area contributed by atoms with Gasteiger partial charge in [-0.05, 0) is 57.8 Å². The lowest BCUT2D eigenvalue weighted by Crippen LogP contribution is -2.49. The second-order valence-corrected chi connectivity index (χ2v) is 8.83. The number of aliphatic hydroxyl groups is 1. The van der Waals surface area contributed by atoms with Gasteiger partial charge >= 0.3 is 0 Å². The predicted molar refractivity (Wildman–Crippen MR) is 97.1 cm³/mol. The molecule has 0 bridgehead atoms. The van der Waals surface area contributed by atoms with Gasteiger partial charge in [-0.15, -0.1) is 0 Å². The first-order chi connectivity index (χ1) is 12.4. The lowest BCUT2D eigenvalue weighted by Gasteiger charge is -2.30. The van der Waals surface area contributed by atoms with E-state index in [4.69, 9.17) is 4.74 Å². The van der Waals surface area contributed by atoms with Gasteiger partial charge in [0.25, 0.3) is 5.91 Å². The highest BCUT2D eigenvalue weighted by Gasteiger charge is 2.35. The molecule has 6 nitrogen and oxygen atoms in total. The lowest BCUT2D eigenvalue weighted by atomic mass is 9.93. The van der Waals surface area contributed by atoms with Crippen LogP contribution >= 0.6 is 0 Å². The SMILES string of the molecule is CC(C)(O)C(CC1CC1)NC(=O)c1cnc(C2CC2)c(OCC2CC2)n1. The molecule has 6 heteroatoms. The van der Waals surface area contributed by atoms with Crippen LogP contribution in [0.5, 0.6) is 5.88 Å². The Labute approximate surface area is 154 Å². The molecule has 3 saturated carbocycles. The third-order valence-corrected chi connectivity index (χ3v) is 5.54. The normalized spacial score (nSPS) is 21.3. The van der Waals surface area contributed by atoms with Crippen molar-refractivity contribution in [2.24, 2.45) is 11.8 Å². The van der Waals surface area contributed by atoms with Gasteiger partial charge in [0.15, 0.2) is 0 Å². The Hall–Kier alpha value is -1.69. The van der Waals surface area contributed by atoms with Crippen LogP contribution in [-0.2, 0) is 0 Å². The van der Waals surface area contributed by atoms with Crippen LogP contribution in [0.2, 0.25) is 0 Å². The van der Waals surface area contributed by atoms with Crippen molar-refractivity contribution in [1.29, 1.82) is 0 Å². The van der Waals surface area contributed by atoms with Gasteiger partial charge in [-0.1, -0.05) is 12.8 Å². The van der Waals surface area contributed by atoms with Gasteiger partial charge in [0.1, 0.15) is 11.4 Å². The summed E-state index contributed by atoms with van der Waals surface area (Å²) < 4.78 is 5.90. The van der Waals surface area contributed by atoms with Crippen molar-refractivity contribution in [3.8, 4) is 5.88 Å². The summed E-state index contributed by atoms with van der Waals surface area (Å²) >= 11 is 0. The highest BCUT2D eigenvalue weighted by Crippen LogP contribution is 2.43. The van der Waals surface area contributed by atoms with Gasteiger partial charge in [-0.3, -0.25) is 9.78 Å². The molecule has 0 radical (unpaired) electrons. The highest BCUT2D eigenvalue weighted by molar-refractivity contribution is 5.92. The van der Waals surface area contributed by atoms with Crippen molar-refractivity contribution in [2.45, 2.75) is 76.4 Å². The molecule has 1 amide bonds. The number of nitrogens with zero attached hydrogens (tertiary/aromatic N) is 2. The smallest absolute Gasteiger partial charge is 0.271 e. The maximum atomic E-state index is 12.7. The molecule has 1 aromatic heterocycles. The summed E-state index contributed by atoms with van der Waals surface area (Å²) in [7, 11) is 0. The number of hydrogen-bond donors (Lipinski definition) is 2. The van der Waals surface area contributed by atoms with Crippen LogP contribution in [-0.4, -0.2) is 39.2 Å². The van der Waals surface area contributed by atoms with Crippen molar-refractivity contribution in [3.05, 3.63) is 17.6 Å². The first kappa shape index (κ1) is 17.7. The molecule has 0 spiro atoms. The van der Waals surface area contributed by atoms with E-state index in [1.165, 1.54) is 25.7 Å². The van der Waals surface area contributed by atoms with Crippen LogP contribution in [0.4, 0.5) is 0 Å². The molecule has 2 N–H and O–H groups in total. The fraction of sp³-hybridized carbons (Fsp3) is 0.750. The first-order valence-electron chi connectivity index (χ1n) is 9.93.